The molecule has 0 atom stereocenters. The van der Waals surface area contributed by atoms with E-state index in [1.54, 1.807) is 7.11 Å². The quantitative estimate of drug-likeness (QED) is 0.609. The van der Waals surface area contributed by atoms with Gasteiger partial charge in [0, 0.05) is 38.9 Å². The minimum atomic E-state index is -0.0220. The molecule has 7 heteroatoms. The normalized spacial score (nSPS) is 17.0. The van der Waals surface area contributed by atoms with Crippen molar-refractivity contribution < 1.29 is 14.3 Å². The predicted molar refractivity (Wildman–Crippen MR) is 130 cm³/mol. The lowest BCUT2D eigenvalue weighted by atomic mass is 9.98. The fraction of sp³-hybridized carbons (Fsp3) is 0.480. The number of anilines is 1. The Balaban J connectivity index is 1.39. The summed E-state index contributed by atoms with van der Waals surface area (Å²) >= 11 is 1.81. The van der Waals surface area contributed by atoms with Gasteiger partial charge in [-0.15, -0.1) is 0 Å². The van der Waals surface area contributed by atoms with Gasteiger partial charge in [0.25, 0.3) is 5.91 Å². The minimum Gasteiger partial charge on any atom is -0.490 e. The third kappa shape index (κ3) is 5.57. The van der Waals surface area contributed by atoms with Crippen LogP contribution in [0.1, 0.15) is 34.3 Å². The second-order valence-corrected chi connectivity index (χ2v) is 9.30. The summed E-state index contributed by atoms with van der Waals surface area (Å²) in [4.78, 5) is 15.1. The van der Waals surface area contributed by atoms with Crippen LogP contribution in [0, 0.1) is 5.92 Å². The Morgan fingerprint density at radius 3 is 2.69 bits per heavy atom. The average molecular weight is 456 g/mol. The third-order valence-electron chi connectivity index (χ3n) is 6.34. The highest BCUT2D eigenvalue weighted by Gasteiger charge is 2.22. The molecule has 0 aliphatic carbocycles. The van der Waals surface area contributed by atoms with E-state index in [1.807, 2.05) is 36.2 Å². The highest BCUT2D eigenvalue weighted by molar-refractivity contribution is 7.96. The maximum Gasteiger partial charge on any atom is 0.251 e. The van der Waals surface area contributed by atoms with Crippen molar-refractivity contribution in [2.45, 2.75) is 26.0 Å². The summed E-state index contributed by atoms with van der Waals surface area (Å²) in [5.74, 6) is 1.31. The zero-order chi connectivity index (χ0) is 22.3. The summed E-state index contributed by atoms with van der Waals surface area (Å²) in [5, 5.41) is 3.13. The van der Waals surface area contributed by atoms with Gasteiger partial charge in [0.15, 0.2) is 0 Å². The summed E-state index contributed by atoms with van der Waals surface area (Å²) in [7, 11) is 1.72. The van der Waals surface area contributed by atoms with Gasteiger partial charge in [-0.3, -0.25) is 9.10 Å². The van der Waals surface area contributed by atoms with Gasteiger partial charge in [0.2, 0.25) is 0 Å². The van der Waals surface area contributed by atoms with E-state index in [2.05, 4.69) is 39.0 Å². The summed E-state index contributed by atoms with van der Waals surface area (Å²) in [6.07, 6.45) is 4.39. The second-order valence-electron chi connectivity index (χ2n) is 8.42. The minimum absolute atomic E-state index is 0.0220. The molecule has 172 valence electrons. The fourth-order valence-electron chi connectivity index (χ4n) is 4.43. The van der Waals surface area contributed by atoms with Crippen LogP contribution in [0.25, 0.3) is 0 Å². The number of ether oxygens (including phenoxy) is 2. The first-order valence-electron chi connectivity index (χ1n) is 11.3. The predicted octanol–water partition coefficient (Wildman–Crippen LogP) is 3.95. The first-order valence-corrected chi connectivity index (χ1v) is 12.5. The summed E-state index contributed by atoms with van der Waals surface area (Å²) < 4.78 is 13.7. The van der Waals surface area contributed by atoms with Crippen molar-refractivity contribution in [1.82, 2.24) is 9.62 Å². The van der Waals surface area contributed by atoms with Gasteiger partial charge in [-0.05, 0) is 54.3 Å². The first kappa shape index (κ1) is 23.0. The van der Waals surface area contributed by atoms with Crippen molar-refractivity contribution in [2.24, 2.45) is 5.92 Å². The molecule has 0 bridgehead atoms. The zero-order valence-corrected chi connectivity index (χ0v) is 19.8. The molecule has 0 saturated carbocycles. The van der Waals surface area contributed by atoms with Crippen molar-refractivity contribution >= 4 is 23.5 Å². The van der Waals surface area contributed by atoms with Gasteiger partial charge in [0.05, 0.1) is 18.8 Å². The molecule has 0 radical (unpaired) electrons. The van der Waals surface area contributed by atoms with Gasteiger partial charge in [-0.1, -0.05) is 36.2 Å². The van der Waals surface area contributed by atoms with E-state index in [1.165, 1.54) is 11.1 Å². The SMILES string of the molecule is COCc1ccccc1CN1CCOc2cc(C(=O)NCC3CCN(SC)CC3)ccc21. The monoisotopic (exact) mass is 455 g/mol. The van der Waals surface area contributed by atoms with Crippen LogP contribution in [-0.2, 0) is 17.9 Å². The smallest absolute Gasteiger partial charge is 0.251 e. The largest absolute Gasteiger partial charge is 0.490 e. The van der Waals surface area contributed by atoms with Gasteiger partial charge >= 0.3 is 0 Å². The van der Waals surface area contributed by atoms with Crippen LogP contribution in [0.2, 0.25) is 0 Å². The molecule has 2 aromatic rings. The number of benzene rings is 2. The molecule has 6 nitrogen and oxygen atoms in total. The number of piperidine rings is 1. The maximum atomic E-state index is 12.8. The molecule has 0 unspecified atom stereocenters. The molecule has 0 spiro atoms. The van der Waals surface area contributed by atoms with Crippen molar-refractivity contribution in [3.8, 4) is 5.75 Å². The molecule has 1 fully saturated rings. The summed E-state index contributed by atoms with van der Waals surface area (Å²) in [6.45, 7) is 5.74. The molecule has 1 saturated heterocycles. The highest BCUT2D eigenvalue weighted by Crippen LogP contribution is 2.34. The molecule has 32 heavy (non-hydrogen) atoms. The number of rotatable bonds is 8. The van der Waals surface area contributed by atoms with Crippen LogP contribution in [0.4, 0.5) is 5.69 Å². The van der Waals surface area contributed by atoms with E-state index in [9.17, 15) is 4.79 Å². The number of carbonyl (C=O) groups is 1. The first-order chi connectivity index (χ1) is 15.7. The van der Waals surface area contributed by atoms with Crippen LogP contribution < -0.4 is 15.0 Å². The molecule has 0 aromatic heterocycles. The Bertz CT molecular complexity index is 915. The summed E-state index contributed by atoms with van der Waals surface area (Å²) in [6, 6.07) is 14.2. The van der Waals surface area contributed by atoms with Crippen LogP contribution in [0.15, 0.2) is 42.5 Å². The van der Waals surface area contributed by atoms with Crippen molar-refractivity contribution in [1.29, 1.82) is 0 Å². The van der Waals surface area contributed by atoms with E-state index >= 15 is 0 Å². The number of amides is 1. The second kappa shape index (κ2) is 11.1. The van der Waals surface area contributed by atoms with Gasteiger partial charge in [-0.2, -0.15) is 0 Å². The lowest BCUT2D eigenvalue weighted by Crippen LogP contribution is -2.36. The van der Waals surface area contributed by atoms with Crippen LogP contribution in [-0.4, -0.2) is 56.4 Å². The third-order valence-corrected chi connectivity index (χ3v) is 7.23. The molecule has 2 aromatic carbocycles. The van der Waals surface area contributed by atoms with E-state index in [-0.39, 0.29) is 5.91 Å². The van der Waals surface area contributed by atoms with Gasteiger partial charge in [-0.25, -0.2) is 0 Å². The van der Waals surface area contributed by atoms with E-state index in [0.717, 1.165) is 57.0 Å². The highest BCUT2D eigenvalue weighted by atomic mass is 32.2. The molecule has 2 aliphatic heterocycles. The average Bonchev–Trinajstić information content (AvgIpc) is 2.84. The molecule has 1 amide bonds. The molecule has 4 rings (SSSR count). The van der Waals surface area contributed by atoms with Crippen molar-refractivity contribution in [3.05, 3.63) is 59.2 Å². The van der Waals surface area contributed by atoms with E-state index in [0.29, 0.717) is 24.7 Å². The Morgan fingerprint density at radius 2 is 1.94 bits per heavy atom. The van der Waals surface area contributed by atoms with Crippen LogP contribution in [0.5, 0.6) is 5.75 Å². The Kier molecular flexibility index (Phi) is 7.95. The Labute approximate surface area is 195 Å². The Morgan fingerprint density at radius 1 is 1.16 bits per heavy atom. The van der Waals surface area contributed by atoms with Gasteiger partial charge < -0.3 is 19.7 Å². The fourth-order valence-corrected chi connectivity index (χ4v) is 5.01. The van der Waals surface area contributed by atoms with Crippen molar-refractivity contribution in [3.63, 3.8) is 0 Å². The zero-order valence-electron chi connectivity index (χ0n) is 19.0. The Hall–Kier alpha value is -2.22. The van der Waals surface area contributed by atoms with Crippen molar-refractivity contribution in [2.75, 3.05) is 51.1 Å². The summed E-state index contributed by atoms with van der Waals surface area (Å²) in [5.41, 5.74) is 4.13. The van der Waals surface area contributed by atoms with Gasteiger partial charge in [0.1, 0.15) is 12.4 Å². The molecule has 2 aliphatic rings. The molecular formula is C25H33N3O3S. The maximum absolute atomic E-state index is 12.8. The molecular weight excluding hydrogens is 422 g/mol. The molecule has 1 N–H and O–H groups in total. The number of carbonyl (C=O) groups excluding carboxylic acids is 1. The lowest BCUT2D eigenvalue weighted by molar-refractivity contribution is 0.0941. The number of nitrogens with one attached hydrogen (secondary N) is 1. The topological polar surface area (TPSA) is 54.0 Å². The molecule has 2 heterocycles. The van der Waals surface area contributed by atoms with Crippen LogP contribution >= 0.6 is 11.9 Å². The standard InChI is InChI=1S/C25H33N3O3S/c1-30-18-22-6-4-3-5-21(22)17-27-13-14-31-24-15-20(7-8-23(24)27)25(29)26-16-19-9-11-28(32-2)12-10-19/h3-8,15,19H,9-14,16-18H2,1-2H3,(H,26,29). The number of nitrogens with zero attached hydrogens (tertiary/aromatic N) is 2. The number of fused-ring (bicyclic) bond motifs is 1. The van der Waals surface area contributed by atoms with E-state index in [4.69, 9.17) is 9.47 Å². The lowest BCUT2D eigenvalue weighted by Gasteiger charge is -2.32. The van der Waals surface area contributed by atoms with Crippen LogP contribution in [0.3, 0.4) is 0 Å². The number of hydrogen-bond donors (Lipinski definition) is 1. The number of methoxy groups -OCH3 is 1. The van der Waals surface area contributed by atoms with E-state index < -0.39 is 0 Å². The number of hydrogen-bond acceptors (Lipinski definition) is 6.